The number of para-hydroxylation sites is 1. The maximum atomic E-state index is 13.4. The summed E-state index contributed by atoms with van der Waals surface area (Å²) in [5.41, 5.74) is 2.53. The molecule has 0 aliphatic carbocycles. The van der Waals surface area contributed by atoms with Gasteiger partial charge in [0.2, 0.25) is 10.0 Å². The minimum atomic E-state index is -3.74. The molecular formula is C16H15ClFN3O3S. The summed E-state index contributed by atoms with van der Waals surface area (Å²) in [6.45, 7) is -0.517. The Balaban J connectivity index is 2.11. The molecule has 0 aromatic heterocycles. The van der Waals surface area contributed by atoms with E-state index >= 15 is 0 Å². The van der Waals surface area contributed by atoms with Gasteiger partial charge in [0.1, 0.15) is 12.4 Å². The number of hydrazone groups is 1. The number of nitrogens with zero attached hydrogens (tertiary/aromatic N) is 2. The summed E-state index contributed by atoms with van der Waals surface area (Å²) in [6, 6.07) is 12.1. The summed E-state index contributed by atoms with van der Waals surface area (Å²) in [4.78, 5) is 12.0. The lowest BCUT2D eigenvalue weighted by Crippen LogP contribution is -2.39. The van der Waals surface area contributed by atoms with E-state index in [0.717, 1.165) is 16.8 Å². The molecule has 2 rings (SSSR count). The van der Waals surface area contributed by atoms with E-state index in [-0.39, 0.29) is 16.3 Å². The second-order valence-corrected chi connectivity index (χ2v) is 7.35. The van der Waals surface area contributed by atoms with Gasteiger partial charge >= 0.3 is 0 Å². The average Bonchev–Trinajstić information content (AvgIpc) is 2.54. The van der Waals surface area contributed by atoms with Crippen LogP contribution in [0, 0.1) is 5.82 Å². The quantitative estimate of drug-likeness (QED) is 0.614. The van der Waals surface area contributed by atoms with Crippen molar-refractivity contribution < 1.29 is 17.6 Å². The average molecular weight is 384 g/mol. The van der Waals surface area contributed by atoms with E-state index in [1.165, 1.54) is 30.3 Å². The Hall–Kier alpha value is -2.45. The van der Waals surface area contributed by atoms with Crippen LogP contribution in [0.2, 0.25) is 5.02 Å². The van der Waals surface area contributed by atoms with Crippen LogP contribution in [0.15, 0.2) is 53.6 Å². The zero-order valence-corrected chi connectivity index (χ0v) is 14.8. The third kappa shape index (κ3) is 5.27. The third-order valence-electron chi connectivity index (χ3n) is 3.11. The highest BCUT2D eigenvalue weighted by molar-refractivity contribution is 7.92. The van der Waals surface area contributed by atoms with Crippen molar-refractivity contribution in [2.75, 3.05) is 17.1 Å². The van der Waals surface area contributed by atoms with Gasteiger partial charge in [-0.15, -0.1) is 0 Å². The number of sulfonamides is 1. The monoisotopic (exact) mass is 383 g/mol. The molecule has 0 aliphatic rings. The molecule has 132 valence electrons. The summed E-state index contributed by atoms with van der Waals surface area (Å²) in [5, 5.41) is 3.82. The van der Waals surface area contributed by atoms with Gasteiger partial charge in [-0.3, -0.25) is 9.10 Å². The molecule has 0 saturated heterocycles. The molecule has 0 spiro atoms. The highest BCUT2D eigenvalue weighted by Crippen LogP contribution is 2.26. The fourth-order valence-corrected chi connectivity index (χ4v) is 3.11. The molecular weight excluding hydrogens is 369 g/mol. The van der Waals surface area contributed by atoms with Gasteiger partial charge in [0.05, 0.1) is 23.2 Å². The highest BCUT2D eigenvalue weighted by Gasteiger charge is 2.22. The summed E-state index contributed by atoms with van der Waals surface area (Å²) in [6.07, 6.45) is 2.10. The predicted octanol–water partition coefficient (Wildman–Crippen LogP) is 2.40. The number of hydrogen-bond donors (Lipinski definition) is 1. The van der Waals surface area contributed by atoms with Gasteiger partial charge in [0, 0.05) is 5.56 Å². The SMILES string of the molecule is CS(=O)(=O)N(CC(=O)N/N=C\c1ccccc1F)c1ccccc1Cl. The molecule has 2 aromatic rings. The van der Waals surface area contributed by atoms with E-state index in [1.54, 1.807) is 18.2 Å². The lowest BCUT2D eigenvalue weighted by atomic mass is 10.2. The summed E-state index contributed by atoms with van der Waals surface area (Å²) >= 11 is 6.00. The van der Waals surface area contributed by atoms with E-state index in [4.69, 9.17) is 11.6 Å². The number of nitrogens with one attached hydrogen (secondary N) is 1. The molecule has 6 nitrogen and oxygen atoms in total. The molecule has 0 unspecified atom stereocenters. The number of amides is 1. The lowest BCUT2D eigenvalue weighted by Gasteiger charge is -2.22. The highest BCUT2D eigenvalue weighted by atomic mass is 35.5. The molecule has 0 atom stereocenters. The summed E-state index contributed by atoms with van der Waals surface area (Å²) < 4.78 is 38.2. The Labute approximate surface area is 150 Å². The fraction of sp³-hybridized carbons (Fsp3) is 0.125. The smallest absolute Gasteiger partial charge is 0.260 e. The van der Waals surface area contributed by atoms with Gasteiger partial charge < -0.3 is 0 Å². The number of carbonyl (C=O) groups is 1. The van der Waals surface area contributed by atoms with Crippen LogP contribution in [0.3, 0.4) is 0 Å². The number of benzene rings is 2. The van der Waals surface area contributed by atoms with E-state index in [9.17, 15) is 17.6 Å². The van der Waals surface area contributed by atoms with Crippen molar-refractivity contribution in [1.82, 2.24) is 5.43 Å². The molecule has 9 heteroatoms. The van der Waals surface area contributed by atoms with Crippen LogP contribution in [-0.2, 0) is 14.8 Å². The number of hydrogen-bond acceptors (Lipinski definition) is 4. The first kappa shape index (κ1) is 18.9. The van der Waals surface area contributed by atoms with Crippen LogP contribution in [0.1, 0.15) is 5.56 Å². The van der Waals surface area contributed by atoms with Crippen molar-refractivity contribution in [2.24, 2.45) is 5.10 Å². The Morgan fingerprint density at radius 1 is 1.24 bits per heavy atom. The first-order valence-electron chi connectivity index (χ1n) is 7.07. The maximum Gasteiger partial charge on any atom is 0.260 e. The van der Waals surface area contributed by atoms with Gasteiger partial charge in [-0.05, 0) is 18.2 Å². The van der Waals surface area contributed by atoms with E-state index in [1.807, 2.05) is 0 Å². The number of rotatable bonds is 6. The Morgan fingerprint density at radius 3 is 2.52 bits per heavy atom. The van der Waals surface area contributed by atoms with Crippen molar-refractivity contribution in [2.45, 2.75) is 0 Å². The van der Waals surface area contributed by atoms with Crippen LogP contribution in [0.25, 0.3) is 0 Å². The third-order valence-corrected chi connectivity index (χ3v) is 4.55. The number of carbonyl (C=O) groups excluding carboxylic acids is 1. The Morgan fingerprint density at radius 2 is 1.88 bits per heavy atom. The van der Waals surface area contributed by atoms with Crippen molar-refractivity contribution >= 4 is 39.4 Å². The molecule has 0 radical (unpaired) electrons. The standard InChI is InChI=1S/C16H15ClFN3O3S/c1-25(23,24)21(15-9-5-3-7-13(15)17)11-16(22)20-19-10-12-6-2-4-8-14(12)18/h2-10H,11H2,1H3,(H,20,22)/b19-10-. The Kier molecular flexibility index (Phi) is 6.11. The molecule has 25 heavy (non-hydrogen) atoms. The van der Waals surface area contributed by atoms with E-state index in [2.05, 4.69) is 10.5 Å². The zero-order valence-electron chi connectivity index (χ0n) is 13.2. The summed E-state index contributed by atoms with van der Waals surface area (Å²) in [7, 11) is -3.74. The van der Waals surface area contributed by atoms with Crippen LogP contribution in [0.5, 0.6) is 0 Å². The number of halogens is 2. The van der Waals surface area contributed by atoms with E-state index < -0.39 is 28.3 Å². The van der Waals surface area contributed by atoms with Gasteiger partial charge in [-0.25, -0.2) is 18.2 Å². The van der Waals surface area contributed by atoms with Crippen molar-refractivity contribution in [1.29, 1.82) is 0 Å². The normalized spacial score (nSPS) is 11.5. The zero-order chi connectivity index (χ0) is 18.4. The van der Waals surface area contributed by atoms with Gasteiger partial charge in [-0.1, -0.05) is 41.9 Å². The van der Waals surface area contributed by atoms with Crippen LogP contribution in [-0.4, -0.2) is 33.3 Å². The topological polar surface area (TPSA) is 78.8 Å². The maximum absolute atomic E-state index is 13.4. The molecule has 0 bridgehead atoms. The minimum Gasteiger partial charge on any atom is -0.271 e. The first-order valence-corrected chi connectivity index (χ1v) is 9.30. The fourth-order valence-electron chi connectivity index (χ4n) is 1.95. The second-order valence-electron chi connectivity index (χ2n) is 5.04. The molecule has 2 aromatic carbocycles. The molecule has 0 fully saturated rings. The van der Waals surface area contributed by atoms with Crippen molar-refractivity contribution in [3.8, 4) is 0 Å². The van der Waals surface area contributed by atoms with Crippen LogP contribution >= 0.6 is 11.6 Å². The molecule has 1 N–H and O–H groups in total. The van der Waals surface area contributed by atoms with Gasteiger partial charge in [0.15, 0.2) is 0 Å². The van der Waals surface area contributed by atoms with Crippen molar-refractivity contribution in [3.63, 3.8) is 0 Å². The number of anilines is 1. The minimum absolute atomic E-state index is 0.180. The first-order chi connectivity index (χ1) is 11.8. The largest absolute Gasteiger partial charge is 0.271 e. The summed E-state index contributed by atoms with van der Waals surface area (Å²) in [5.74, 6) is -1.19. The Bertz CT molecular complexity index is 903. The van der Waals surface area contributed by atoms with Gasteiger partial charge in [-0.2, -0.15) is 5.10 Å². The van der Waals surface area contributed by atoms with Crippen molar-refractivity contribution in [3.05, 3.63) is 64.9 Å². The second kappa shape index (κ2) is 8.09. The molecule has 1 amide bonds. The van der Waals surface area contributed by atoms with Gasteiger partial charge in [0.25, 0.3) is 5.91 Å². The molecule has 0 heterocycles. The predicted molar refractivity (Wildman–Crippen MR) is 95.8 cm³/mol. The molecule has 0 aliphatic heterocycles. The van der Waals surface area contributed by atoms with E-state index in [0.29, 0.717) is 0 Å². The van der Waals surface area contributed by atoms with Crippen LogP contribution < -0.4 is 9.73 Å². The van der Waals surface area contributed by atoms with Crippen LogP contribution in [0.4, 0.5) is 10.1 Å². The molecule has 0 saturated carbocycles. The lowest BCUT2D eigenvalue weighted by molar-refractivity contribution is -0.119.